The molecule has 4 heteroatoms. The quantitative estimate of drug-likeness (QED) is 0.204. The van der Waals surface area contributed by atoms with Gasteiger partial charge in [-0.1, -0.05) is 103 Å². The van der Waals surface area contributed by atoms with Crippen LogP contribution in [0.4, 0.5) is 0 Å². The molecular formula is C32H24O4. The lowest BCUT2D eigenvalue weighted by Gasteiger charge is -2.13. The highest BCUT2D eigenvalue weighted by Gasteiger charge is 2.29. The van der Waals surface area contributed by atoms with Crippen molar-refractivity contribution < 1.29 is 19.1 Å². The lowest BCUT2D eigenvalue weighted by molar-refractivity contribution is -0.136. The maximum Gasteiger partial charge on any atom is 0.338 e. The second-order valence-corrected chi connectivity index (χ2v) is 8.33. The predicted octanol–water partition coefficient (Wildman–Crippen LogP) is 7.01. The molecule has 0 bridgehead atoms. The zero-order chi connectivity index (χ0) is 25.1. The minimum Gasteiger partial charge on any atom is -0.466 e. The van der Waals surface area contributed by atoms with Crippen molar-refractivity contribution in [2.75, 3.05) is 14.2 Å². The van der Waals surface area contributed by atoms with Crippen LogP contribution in [-0.2, 0) is 19.1 Å². The molecule has 0 aliphatic heterocycles. The maximum absolute atomic E-state index is 13.1. The third kappa shape index (κ3) is 4.03. The van der Waals surface area contributed by atoms with Crippen molar-refractivity contribution in [3.8, 4) is 33.4 Å². The Balaban J connectivity index is 2.00. The van der Waals surface area contributed by atoms with E-state index in [-0.39, 0.29) is 5.57 Å². The Bertz CT molecular complexity index is 1570. The van der Waals surface area contributed by atoms with Gasteiger partial charge in [-0.3, -0.25) is 0 Å². The summed E-state index contributed by atoms with van der Waals surface area (Å²) in [6.07, 6.45) is 1.22. The highest BCUT2D eigenvalue weighted by Crippen LogP contribution is 2.50. The highest BCUT2D eigenvalue weighted by atomic mass is 16.5. The summed E-state index contributed by atoms with van der Waals surface area (Å²) >= 11 is 0. The molecule has 0 amide bonds. The molecule has 0 unspecified atom stereocenters. The second-order valence-electron chi connectivity index (χ2n) is 8.33. The van der Waals surface area contributed by atoms with Crippen molar-refractivity contribution in [3.05, 3.63) is 115 Å². The molecule has 2 aliphatic carbocycles. The van der Waals surface area contributed by atoms with E-state index in [1.165, 1.54) is 20.3 Å². The number of hydrogen-bond acceptors (Lipinski definition) is 4. The summed E-state index contributed by atoms with van der Waals surface area (Å²) in [4.78, 5) is 25.5. The van der Waals surface area contributed by atoms with E-state index in [4.69, 9.17) is 9.47 Å². The lowest BCUT2D eigenvalue weighted by atomic mass is 9.90. The molecule has 3 aromatic rings. The average Bonchev–Trinajstić information content (AvgIpc) is 3.13. The van der Waals surface area contributed by atoms with Crippen LogP contribution in [0.2, 0.25) is 0 Å². The van der Waals surface area contributed by atoms with E-state index >= 15 is 0 Å². The van der Waals surface area contributed by atoms with Crippen molar-refractivity contribution >= 4 is 28.3 Å². The number of carbonyl (C=O) groups excluding carboxylic acids is 2. The van der Waals surface area contributed by atoms with Gasteiger partial charge in [-0.05, 0) is 44.2 Å². The molecule has 3 aromatic carbocycles. The van der Waals surface area contributed by atoms with Crippen LogP contribution in [0.15, 0.2) is 109 Å². The van der Waals surface area contributed by atoms with Gasteiger partial charge in [0.15, 0.2) is 0 Å². The van der Waals surface area contributed by atoms with E-state index in [9.17, 15) is 9.59 Å². The largest absolute Gasteiger partial charge is 0.466 e. The summed E-state index contributed by atoms with van der Waals surface area (Å²) in [7, 11) is 2.60. The van der Waals surface area contributed by atoms with Crippen molar-refractivity contribution in [1.29, 1.82) is 0 Å². The fourth-order valence-electron chi connectivity index (χ4n) is 4.79. The van der Waals surface area contributed by atoms with Gasteiger partial charge in [0.2, 0.25) is 0 Å². The number of hydrogen-bond donors (Lipinski definition) is 0. The van der Waals surface area contributed by atoms with Gasteiger partial charge in [-0.2, -0.15) is 0 Å². The first-order valence-corrected chi connectivity index (χ1v) is 11.6. The summed E-state index contributed by atoms with van der Waals surface area (Å²) < 4.78 is 10.0. The molecule has 0 heterocycles. The minimum atomic E-state index is -0.626. The van der Waals surface area contributed by atoms with Crippen LogP contribution in [0.1, 0.15) is 5.56 Å². The standard InChI is InChI=1S/C32H24O4/c1-35-28(33)20-27(32(34)36-2)30-26-17-10-9-16-25(26)29-23(21-12-5-3-6-13-21)18-11-19-24(31(29)30)22-14-7-4-8-15-22/h3-20H,1-2H3. The van der Waals surface area contributed by atoms with Crippen molar-refractivity contribution in [3.63, 3.8) is 0 Å². The normalized spacial score (nSPS) is 11.4. The Morgan fingerprint density at radius 2 is 1.11 bits per heavy atom. The monoisotopic (exact) mass is 472 g/mol. The van der Waals surface area contributed by atoms with Crippen LogP contribution in [-0.4, -0.2) is 26.2 Å². The molecule has 0 atom stereocenters. The summed E-state index contributed by atoms with van der Waals surface area (Å²) in [5, 5.41) is 1.84. The molecule has 4 nitrogen and oxygen atoms in total. The van der Waals surface area contributed by atoms with Crippen LogP contribution in [0.5, 0.6) is 0 Å². The summed E-state index contributed by atoms with van der Waals surface area (Å²) in [6, 6.07) is 34.3. The van der Waals surface area contributed by atoms with Gasteiger partial charge >= 0.3 is 11.9 Å². The lowest BCUT2D eigenvalue weighted by Crippen LogP contribution is -2.08. The zero-order valence-electron chi connectivity index (χ0n) is 20.0. The van der Waals surface area contributed by atoms with Gasteiger partial charge in [0.1, 0.15) is 0 Å². The number of ether oxygens (including phenoxy) is 2. The third-order valence-electron chi connectivity index (χ3n) is 6.34. The highest BCUT2D eigenvalue weighted by molar-refractivity contribution is 6.30. The van der Waals surface area contributed by atoms with Gasteiger partial charge in [-0.15, -0.1) is 0 Å². The van der Waals surface area contributed by atoms with Crippen LogP contribution in [0.3, 0.4) is 0 Å². The van der Waals surface area contributed by atoms with Gasteiger partial charge in [0.05, 0.1) is 19.8 Å². The van der Waals surface area contributed by atoms with Crippen molar-refractivity contribution in [2.24, 2.45) is 0 Å². The first-order valence-electron chi connectivity index (χ1n) is 11.6. The molecule has 176 valence electrons. The van der Waals surface area contributed by atoms with E-state index in [1.807, 2.05) is 72.8 Å². The Morgan fingerprint density at radius 1 is 0.583 bits per heavy atom. The molecule has 36 heavy (non-hydrogen) atoms. The van der Waals surface area contributed by atoms with Gasteiger partial charge in [-0.25, -0.2) is 9.59 Å². The number of methoxy groups -OCH3 is 2. The fraction of sp³-hybridized carbons (Fsp3) is 0.0625. The number of esters is 2. The number of fused-ring (bicyclic) bond motifs is 3. The SMILES string of the molecule is COC(=O)C=C(C(=O)OC)c1c2c(-c3ccccc3)cccc(-c3ccccc3)c-2c2ccccc12. The van der Waals surface area contributed by atoms with Gasteiger partial charge in [0.25, 0.3) is 0 Å². The van der Waals surface area contributed by atoms with Crippen LogP contribution >= 0.6 is 0 Å². The van der Waals surface area contributed by atoms with E-state index in [0.29, 0.717) is 5.56 Å². The third-order valence-corrected chi connectivity index (χ3v) is 6.34. The molecular weight excluding hydrogens is 448 g/mol. The molecule has 0 spiro atoms. The maximum atomic E-state index is 13.1. The van der Waals surface area contributed by atoms with E-state index in [0.717, 1.165) is 44.2 Å². The number of rotatable bonds is 5. The first-order chi connectivity index (χ1) is 17.6. The topological polar surface area (TPSA) is 52.6 Å². The summed E-state index contributed by atoms with van der Waals surface area (Å²) in [5.41, 5.74) is 6.68. The van der Waals surface area contributed by atoms with Crippen molar-refractivity contribution in [1.82, 2.24) is 0 Å². The molecule has 0 N–H and O–H groups in total. The number of carbonyl (C=O) groups is 2. The average molecular weight is 473 g/mol. The summed E-state index contributed by atoms with van der Waals surface area (Å²) in [6.45, 7) is 0. The minimum absolute atomic E-state index is 0.151. The smallest absolute Gasteiger partial charge is 0.338 e. The van der Waals surface area contributed by atoms with Gasteiger partial charge < -0.3 is 9.47 Å². The number of benzene rings is 3. The Hall–Kier alpha value is -4.70. The molecule has 5 rings (SSSR count). The predicted molar refractivity (Wildman–Crippen MR) is 143 cm³/mol. The van der Waals surface area contributed by atoms with Crippen LogP contribution in [0.25, 0.3) is 49.7 Å². The van der Waals surface area contributed by atoms with E-state index in [2.05, 4.69) is 30.3 Å². The molecule has 0 fully saturated rings. The molecule has 0 aromatic heterocycles. The van der Waals surface area contributed by atoms with Crippen LogP contribution < -0.4 is 0 Å². The molecule has 0 saturated carbocycles. The van der Waals surface area contributed by atoms with E-state index < -0.39 is 11.9 Å². The van der Waals surface area contributed by atoms with E-state index in [1.54, 1.807) is 0 Å². The molecule has 0 radical (unpaired) electrons. The molecule has 2 aliphatic rings. The first kappa shape index (κ1) is 23.1. The summed E-state index contributed by atoms with van der Waals surface area (Å²) in [5.74, 6) is -1.23. The Kier molecular flexibility index (Phi) is 6.33. The second kappa shape index (κ2) is 9.88. The van der Waals surface area contributed by atoms with Crippen molar-refractivity contribution in [2.45, 2.75) is 0 Å². The Morgan fingerprint density at radius 3 is 1.67 bits per heavy atom. The fourth-order valence-corrected chi connectivity index (χ4v) is 4.79. The van der Waals surface area contributed by atoms with Crippen LogP contribution in [0, 0.1) is 0 Å². The Labute approximate surface area is 209 Å². The zero-order valence-corrected chi connectivity index (χ0v) is 20.0. The molecule has 0 saturated heterocycles. The van der Waals surface area contributed by atoms with Gasteiger partial charge in [0, 0.05) is 11.6 Å².